The molecule has 1 aliphatic rings. The van der Waals surface area contributed by atoms with E-state index in [1.807, 2.05) is 0 Å². The van der Waals surface area contributed by atoms with Crippen LogP contribution in [0.15, 0.2) is 18.2 Å². The molecule has 0 spiro atoms. The number of anilines is 1. The van der Waals surface area contributed by atoms with E-state index in [0.717, 1.165) is 19.5 Å². The Labute approximate surface area is 88.7 Å². The van der Waals surface area contributed by atoms with Crippen LogP contribution in [0.4, 0.5) is 5.69 Å². The first-order valence-corrected chi connectivity index (χ1v) is 5.15. The van der Waals surface area contributed by atoms with Gasteiger partial charge in [-0.05, 0) is 31.2 Å². The Morgan fingerprint density at radius 3 is 2.93 bits per heavy atom. The van der Waals surface area contributed by atoms with E-state index in [0.29, 0.717) is 11.3 Å². The standard InChI is InChI=1S/C11H16N2O2/c12-10-2-1-8(14)5-9(10)11(15)7-3-4-13-6-7/h1-2,5,7,11,13-15H,3-4,6,12H2. The minimum absolute atomic E-state index is 0.143. The van der Waals surface area contributed by atoms with Gasteiger partial charge in [0, 0.05) is 23.7 Å². The number of aromatic hydroxyl groups is 1. The molecule has 1 saturated heterocycles. The molecule has 0 radical (unpaired) electrons. The maximum Gasteiger partial charge on any atom is 0.116 e. The van der Waals surface area contributed by atoms with Gasteiger partial charge in [0.15, 0.2) is 0 Å². The van der Waals surface area contributed by atoms with Crippen molar-refractivity contribution >= 4 is 5.69 Å². The molecule has 1 aromatic rings. The van der Waals surface area contributed by atoms with E-state index in [-0.39, 0.29) is 11.7 Å². The molecule has 1 aromatic carbocycles. The van der Waals surface area contributed by atoms with Crippen molar-refractivity contribution in [1.29, 1.82) is 0 Å². The van der Waals surface area contributed by atoms with Gasteiger partial charge < -0.3 is 21.3 Å². The fraction of sp³-hybridized carbons (Fsp3) is 0.455. The number of phenols is 1. The van der Waals surface area contributed by atoms with Gasteiger partial charge in [0.1, 0.15) is 5.75 Å². The lowest BCUT2D eigenvalue weighted by molar-refractivity contribution is 0.118. The van der Waals surface area contributed by atoms with Gasteiger partial charge in [-0.2, -0.15) is 0 Å². The second kappa shape index (κ2) is 4.08. The second-order valence-electron chi connectivity index (χ2n) is 4.01. The number of rotatable bonds is 2. The minimum Gasteiger partial charge on any atom is -0.508 e. The number of aliphatic hydroxyl groups excluding tert-OH is 1. The summed E-state index contributed by atoms with van der Waals surface area (Å²) in [6.45, 7) is 1.73. The highest BCUT2D eigenvalue weighted by molar-refractivity contribution is 5.51. The van der Waals surface area contributed by atoms with Crippen molar-refractivity contribution in [3.8, 4) is 5.75 Å². The van der Waals surface area contributed by atoms with Gasteiger partial charge in [0.2, 0.25) is 0 Å². The van der Waals surface area contributed by atoms with Gasteiger partial charge in [-0.3, -0.25) is 0 Å². The number of hydrogen-bond donors (Lipinski definition) is 4. The van der Waals surface area contributed by atoms with Gasteiger partial charge in [0.25, 0.3) is 0 Å². The Hall–Kier alpha value is -1.26. The van der Waals surface area contributed by atoms with Crippen LogP contribution in [-0.2, 0) is 0 Å². The molecule has 15 heavy (non-hydrogen) atoms. The molecule has 0 amide bonds. The topological polar surface area (TPSA) is 78.5 Å². The molecule has 0 aliphatic carbocycles. The van der Waals surface area contributed by atoms with Crippen LogP contribution >= 0.6 is 0 Å². The predicted octanol–water partition coefficient (Wildman–Crippen LogP) is 0.617. The van der Waals surface area contributed by atoms with Crippen molar-refractivity contribution in [3.63, 3.8) is 0 Å². The van der Waals surface area contributed by atoms with Gasteiger partial charge in [-0.25, -0.2) is 0 Å². The summed E-state index contributed by atoms with van der Waals surface area (Å²) in [5.74, 6) is 0.332. The molecular weight excluding hydrogens is 192 g/mol. The van der Waals surface area contributed by atoms with Gasteiger partial charge >= 0.3 is 0 Å². The van der Waals surface area contributed by atoms with Crippen molar-refractivity contribution in [2.24, 2.45) is 5.92 Å². The average molecular weight is 208 g/mol. The summed E-state index contributed by atoms with van der Waals surface area (Å²) in [5.41, 5.74) is 6.93. The summed E-state index contributed by atoms with van der Waals surface area (Å²) in [4.78, 5) is 0. The lowest BCUT2D eigenvalue weighted by Crippen LogP contribution is -2.17. The fourth-order valence-corrected chi connectivity index (χ4v) is 2.02. The third-order valence-corrected chi connectivity index (χ3v) is 2.93. The first-order chi connectivity index (χ1) is 7.18. The Morgan fingerprint density at radius 1 is 1.47 bits per heavy atom. The number of hydrogen-bond acceptors (Lipinski definition) is 4. The predicted molar refractivity (Wildman–Crippen MR) is 58.5 cm³/mol. The molecule has 0 saturated carbocycles. The van der Waals surface area contributed by atoms with Crippen molar-refractivity contribution in [3.05, 3.63) is 23.8 Å². The normalized spacial score (nSPS) is 22.9. The zero-order valence-electron chi connectivity index (χ0n) is 8.48. The van der Waals surface area contributed by atoms with Crippen LogP contribution in [0.5, 0.6) is 5.75 Å². The number of benzene rings is 1. The zero-order valence-corrected chi connectivity index (χ0v) is 8.48. The van der Waals surface area contributed by atoms with Crippen LogP contribution in [0.1, 0.15) is 18.1 Å². The van der Waals surface area contributed by atoms with Gasteiger partial charge in [-0.1, -0.05) is 0 Å². The summed E-state index contributed by atoms with van der Waals surface area (Å²) in [7, 11) is 0. The highest BCUT2D eigenvalue weighted by atomic mass is 16.3. The van der Waals surface area contributed by atoms with Crippen LogP contribution < -0.4 is 11.1 Å². The van der Waals surface area contributed by atoms with Crippen LogP contribution in [0.2, 0.25) is 0 Å². The lowest BCUT2D eigenvalue weighted by Gasteiger charge is -2.19. The summed E-state index contributed by atoms with van der Waals surface area (Å²) in [6, 6.07) is 4.69. The van der Waals surface area contributed by atoms with Crippen LogP contribution in [0.3, 0.4) is 0 Å². The van der Waals surface area contributed by atoms with E-state index in [4.69, 9.17) is 5.73 Å². The van der Waals surface area contributed by atoms with Crippen LogP contribution in [0.25, 0.3) is 0 Å². The Kier molecular flexibility index (Phi) is 2.79. The molecule has 2 atom stereocenters. The highest BCUT2D eigenvalue weighted by Gasteiger charge is 2.25. The lowest BCUT2D eigenvalue weighted by atomic mass is 9.94. The fourth-order valence-electron chi connectivity index (χ4n) is 2.02. The van der Waals surface area contributed by atoms with E-state index in [2.05, 4.69) is 5.32 Å². The number of phenolic OH excluding ortho intramolecular Hbond substituents is 1. The molecule has 0 aromatic heterocycles. The minimum atomic E-state index is -0.591. The van der Waals surface area contributed by atoms with Crippen LogP contribution in [-0.4, -0.2) is 23.3 Å². The van der Waals surface area contributed by atoms with E-state index >= 15 is 0 Å². The molecule has 1 heterocycles. The SMILES string of the molecule is Nc1ccc(O)cc1C(O)C1CCNC1. The van der Waals surface area contributed by atoms with Gasteiger partial charge in [0.05, 0.1) is 6.10 Å². The number of nitrogens with one attached hydrogen (secondary N) is 1. The molecule has 4 heteroatoms. The summed E-state index contributed by atoms with van der Waals surface area (Å²) in [6.07, 6.45) is 0.350. The highest BCUT2D eigenvalue weighted by Crippen LogP contribution is 2.32. The maximum atomic E-state index is 10.1. The summed E-state index contributed by atoms with van der Waals surface area (Å²) < 4.78 is 0. The van der Waals surface area contributed by atoms with Crippen molar-refractivity contribution in [2.75, 3.05) is 18.8 Å². The Balaban J connectivity index is 2.23. The Bertz CT molecular complexity index is 348. The summed E-state index contributed by atoms with van der Waals surface area (Å²) in [5, 5.41) is 22.6. The molecule has 82 valence electrons. The van der Waals surface area contributed by atoms with Gasteiger partial charge in [-0.15, -0.1) is 0 Å². The largest absolute Gasteiger partial charge is 0.508 e. The van der Waals surface area contributed by atoms with E-state index < -0.39 is 6.10 Å². The average Bonchev–Trinajstić information content (AvgIpc) is 2.74. The summed E-state index contributed by atoms with van der Waals surface area (Å²) >= 11 is 0. The number of aliphatic hydroxyl groups is 1. The zero-order chi connectivity index (χ0) is 10.8. The molecule has 4 nitrogen and oxygen atoms in total. The second-order valence-corrected chi connectivity index (χ2v) is 4.01. The van der Waals surface area contributed by atoms with Crippen molar-refractivity contribution in [1.82, 2.24) is 5.32 Å². The maximum absolute atomic E-state index is 10.1. The smallest absolute Gasteiger partial charge is 0.116 e. The molecule has 1 aliphatic heterocycles. The number of nitrogen functional groups attached to an aromatic ring is 1. The quantitative estimate of drug-likeness (QED) is 0.424. The molecule has 0 bridgehead atoms. The third-order valence-electron chi connectivity index (χ3n) is 2.93. The molecule has 5 N–H and O–H groups in total. The van der Waals surface area contributed by atoms with Crippen molar-refractivity contribution in [2.45, 2.75) is 12.5 Å². The van der Waals surface area contributed by atoms with E-state index in [1.165, 1.54) is 6.07 Å². The first kappa shape index (κ1) is 10.3. The van der Waals surface area contributed by atoms with Crippen molar-refractivity contribution < 1.29 is 10.2 Å². The molecule has 2 rings (SSSR count). The molecule has 2 unspecified atom stereocenters. The Morgan fingerprint density at radius 2 is 2.27 bits per heavy atom. The first-order valence-electron chi connectivity index (χ1n) is 5.15. The van der Waals surface area contributed by atoms with Crippen LogP contribution in [0, 0.1) is 5.92 Å². The van der Waals surface area contributed by atoms with E-state index in [9.17, 15) is 10.2 Å². The number of nitrogens with two attached hydrogens (primary N) is 1. The molecule has 1 fully saturated rings. The third kappa shape index (κ3) is 2.06. The van der Waals surface area contributed by atoms with E-state index in [1.54, 1.807) is 12.1 Å². The molecular formula is C11H16N2O2. The monoisotopic (exact) mass is 208 g/mol.